The van der Waals surface area contributed by atoms with E-state index < -0.39 is 0 Å². The molecule has 0 bridgehead atoms. The normalized spacial score (nSPS) is 12.5. The second-order valence-corrected chi connectivity index (χ2v) is 5.48. The molecule has 0 saturated heterocycles. The van der Waals surface area contributed by atoms with Crippen molar-refractivity contribution in [1.82, 2.24) is 4.98 Å². The summed E-state index contributed by atoms with van der Waals surface area (Å²) in [6.45, 7) is 2.25. The van der Waals surface area contributed by atoms with Gasteiger partial charge in [-0.05, 0) is 24.5 Å². The van der Waals surface area contributed by atoms with E-state index in [9.17, 15) is 5.11 Å². The molecule has 19 heavy (non-hydrogen) atoms. The fourth-order valence-corrected chi connectivity index (χ4v) is 2.41. The number of aliphatic hydroxyl groups excluding tert-OH is 1. The van der Waals surface area contributed by atoms with Crippen LogP contribution in [0.5, 0.6) is 0 Å². The Bertz CT molecular complexity index is 299. The van der Waals surface area contributed by atoms with Gasteiger partial charge in [0.25, 0.3) is 0 Å². The Morgan fingerprint density at radius 1 is 1.05 bits per heavy atom. The zero-order valence-electron chi connectivity index (χ0n) is 12.4. The fraction of sp³-hybridized carbons (Fsp3) is 0.706. The monoisotopic (exact) mass is 263 g/mol. The van der Waals surface area contributed by atoms with Crippen molar-refractivity contribution in [2.45, 2.75) is 77.2 Å². The van der Waals surface area contributed by atoms with Crippen molar-refractivity contribution in [3.05, 3.63) is 30.1 Å². The van der Waals surface area contributed by atoms with Crippen molar-refractivity contribution < 1.29 is 5.11 Å². The molecule has 2 nitrogen and oxygen atoms in total. The SMILES string of the molecule is CCCCCCCCCCC(O)Cc1cccnc1. The first kappa shape index (κ1) is 16.2. The van der Waals surface area contributed by atoms with Crippen LogP contribution in [-0.2, 0) is 6.42 Å². The second kappa shape index (κ2) is 11.0. The number of nitrogens with zero attached hydrogens (tertiary/aromatic N) is 1. The van der Waals surface area contributed by atoms with E-state index in [4.69, 9.17) is 0 Å². The summed E-state index contributed by atoms with van der Waals surface area (Å²) in [5.41, 5.74) is 1.13. The van der Waals surface area contributed by atoms with Crippen LogP contribution in [-0.4, -0.2) is 16.2 Å². The number of hydrogen-bond donors (Lipinski definition) is 1. The summed E-state index contributed by atoms with van der Waals surface area (Å²) in [5, 5.41) is 9.95. The Morgan fingerprint density at radius 2 is 1.74 bits per heavy atom. The van der Waals surface area contributed by atoms with Gasteiger partial charge in [0.05, 0.1) is 6.10 Å². The van der Waals surface area contributed by atoms with E-state index in [1.54, 1.807) is 6.20 Å². The van der Waals surface area contributed by atoms with Crippen LogP contribution in [0.2, 0.25) is 0 Å². The van der Waals surface area contributed by atoms with Crippen molar-refractivity contribution in [3.8, 4) is 0 Å². The molecule has 1 aromatic heterocycles. The third-order valence-electron chi connectivity index (χ3n) is 3.59. The van der Waals surface area contributed by atoms with Crippen LogP contribution >= 0.6 is 0 Å². The van der Waals surface area contributed by atoms with Crippen molar-refractivity contribution >= 4 is 0 Å². The molecule has 0 radical (unpaired) electrons. The third kappa shape index (κ3) is 8.77. The first-order valence-electron chi connectivity index (χ1n) is 7.90. The van der Waals surface area contributed by atoms with Crippen LogP contribution in [0.4, 0.5) is 0 Å². The van der Waals surface area contributed by atoms with Gasteiger partial charge >= 0.3 is 0 Å². The van der Waals surface area contributed by atoms with Crippen molar-refractivity contribution in [3.63, 3.8) is 0 Å². The van der Waals surface area contributed by atoms with Crippen molar-refractivity contribution in [2.24, 2.45) is 0 Å². The summed E-state index contributed by atoms with van der Waals surface area (Å²) in [5.74, 6) is 0. The Hall–Kier alpha value is -0.890. The number of rotatable bonds is 11. The molecule has 1 atom stereocenters. The largest absolute Gasteiger partial charge is 0.393 e. The quantitative estimate of drug-likeness (QED) is 0.596. The fourth-order valence-electron chi connectivity index (χ4n) is 2.41. The molecule has 0 saturated carbocycles. The molecule has 0 aliphatic heterocycles. The minimum Gasteiger partial charge on any atom is -0.393 e. The average molecular weight is 263 g/mol. The first-order valence-corrected chi connectivity index (χ1v) is 7.90. The van der Waals surface area contributed by atoms with Crippen LogP contribution < -0.4 is 0 Å². The Kier molecular flexibility index (Phi) is 9.34. The summed E-state index contributed by atoms with van der Waals surface area (Å²) in [4.78, 5) is 4.07. The Labute approximate surface area is 118 Å². The number of unbranched alkanes of at least 4 members (excludes halogenated alkanes) is 7. The Morgan fingerprint density at radius 3 is 2.37 bits per heavy atom. The molecule has 1 rings (SSSR count). The maximum absolute atomic E-state index is 9.95. The standard InChI is InChI=1S/C17H29NO/c1-2-3-4-5-6-7-8-9-12-17(19)14-16-11-10-13-18-15-16/h10-11,13,15,17,19H,2-9,12,14H2,1H3. The number of aliphatic hydroxyl groups is 1. The molecule has 1 N–H and O–H groups in total. The van der Waals surface area contributed by atoms with Crippen LogP contribution in [0, 0.1) is 0 Å². The van der Waals surface area contributed by atoms with E-state index in [1.807, 2.05) is 18.3 Å². The van der Waals surface area contributed by atoms with Crippen LogP contribution in [0.25, 0.3) is 0 Å². The maximum atomic E-state index is 9.95. The minimum atomic E-state index is -0.204. The highest BCUT2D eigenvalue weighted by molar-refractivity contribution is 5.09. The third-order valence-corrected chi connectivity index (χ3v) is 3.59. The highest BCUT2D eigenvalue weighted by Crippen LogP contribution is 2.12. The minimum absolute atomic E-state index is 0.204. The zero-order chi connectivity index (χ0) is 13.8. The number of aromatic nitrogens is 1. The molecular weight excluding hydrogens is 234 g/mol. The molecule has 1 heterocycles. The number of pyridine rings is 1. The van der Waals surface area contributed by atoms with Gasteiger partial charge in [-0.15, -0.1) is 0 Å². The average Bonchev–Trinajstić information content (AvgIpc) is 2.43. The van der Waals surface area contributed by atoms with Crippen molar-refractivity contribution in [2.75, 3.05) is 0 Å². The van der Waals surface area contributed by atoms with E-state index in [1.165, 1.54) is 44.9 Å². The van der Waals surface area contributed by atoms with E-state index in [2.05, 4.69) is 11.9 Å². The molecule has 0 aromatic carbocycles. The van der Waals surface area contributed by atoms with Gasteiger partial charge < -0.3 is 5.11 Å². The van der Waals surface area contributed by atoms with Gasteiger partial charge in [-0.1, -0.05) is 64.4 Å². The van der Waals surface area contributed by atoms with Crippen LogP contribution in [0.15, 0.2) is 24.5 Å². The van der Waals surface area contributed by atoms with E-state index in [0.29, 0.717) is 0 Å². The second-order valence-electron chi connectivity index (χ2n) is 5.48. The smallest absolute Gasteiger partial charge is 0.0581 e. The van der Waals surface area contributed by atoms with Crippen LogP contribution in [0.1, 0.15) is 70.3 Å². The molecule has 0 amide bonds. The number of hydrogen-bond acceptors (Lipinski definition) is 2. The predicted molar refractivity (Wildman–Crippen MR) is 81.2 cm³/mol. The molecule has 1 unspecified atom stereocenters. The molecule has 0 aliphatic carbocycles. The van der Waals surface area contributed by atoms with E-state index in [0.717, 1.165) is 24.8 Å². The van der Waals surface area contributed by atoms with Gasteiger partial charge in [0.15, 0.2) is 0 Å². The summed E-state index contributed by atoms with van der Waals surface area (Å²) in [6, 6.07) is 3.96. The summed E-state index contributed by atoms with van der Waals surface area (Å²) in [7, 11) is 0. The molecule has 0 aliphatic rings. The summed E-state index contributed by atoms with van der Waals surface area (Å²) in [6.07, 6.45) is 15.6. The predicted octanol–water partition coefficient (Wildman–Crippen LogP) is 4.52. The lowest BCUT2D eigenvalue weighted by molar-refractivity contribution is 0.160. The van der Waals surface area contributed by atoms with Crippen LogP contribution in [0.3, 0.4) is 0 Å². The zero-order valence-corrected chi connectivity index (χ0v) is 12.4. The highest BCUT2D eigenvalue weighted by atomic mass is 16.3. The van der Waals surface area contributed by atoms with Gasteiger partial charge in [-0.25, -0.2) is 0 Å². The lowest BCUT2D eigenvalue weighted by Gasteiger charge is -2.10. The summed E-state index contributed by atoms with van der Waals surface area (Å²) >= 11 is 0. The lowest BCUT2D eigenvalue weighted by atomic mass is 10.0. The van der Waals surface area contributed by atoms with Gasteiger partial charge in [0, 0.05) is 12.4 Å². The molecule has 2 heteroatoms. The van der Waals surface area contributed by atoms with Gasteiger partial charge in [-0.3, -0.25) is 4.98 Å². The Balaban J connectivity index is 1.94. The van der Waals surface area contributed by atoms with Gasteiger partial charge in [-0.2, -0.15) is 0 Å². The molecule has 108 valence electrons. The van der Waals surface area contributed by atoms with Gasteiger partial charge in [0.2, 0.25) is 0 Å². The topological polar surface area (TPSA) is 33.1 Å². The first-order chi connectivity index (χ1) is 9.33. The summed E-state index contributed by atoms with van der Waals surface area (Å²) < 4.78 is 0. The molecular formula is C17H29NO. The van der Waals surface area contributed by atoms with E-state index in [-0.39, 0.29) is 6.10 Å². The molecule has 1 aromatic rings. The highest BCUT2D eigenvalue weighted by Gasteiger charge is 2.05. The van der Waals surface area contributed by atoms with Crippen molar-refractivity contribution in [1.29, 1.82) is 0 Å². The van der Waals surface area contributed by atoms with E-state index >= 15 is 0 Å². The lowest BCUT2D eigenvalue weighted by Crippen LogP contribution is -2.10. The molecule has 0 spiro atoms. The van der Waals surface area contributed by atoms with Gasteiger partial charge in [0.1, 0.15) is 0 Å². The molecule has 0 fully saturated rings. The maximum Gasteiger partial charge on any atom is 0.0581 e.